The van der Waals surface area contributed by atoms with Crippen LogP contribution in [0, 0.1) is 0 Å². The van der Waals surface area contributed by atoms with Crippen molar-refractivity contribution in [2.24, 2.45) is 0 Å². The molecule has 0 N–H and O–H groups in total. The van der Waals surface area contributed by atoms with E-state index in [-0.39, 0.29) is 0 Å². The van der Waals surface area contributed by atoms with Crippen molar-refractivity contribution < 1.29 is 4.42 Å². The smallest absolute Gasteiger partial charge is 0.137 e. The minimum absolute atomic E-state index is 0.875. The lowest BCUT2D eigenvalue weighted by Crippen LogP contribution is -2.10. The standard InChI is InChI=1S/C47H28N2OS2/c1-2-11-31(12-3-1)47-48-40-28-44-39(27-45(40)52-47)38-17-9-18-41(46(38)51-44)49(33-24-25-37-36-15-6-7-19-42(36)50-43(37)26-33)32-22-20-30(21-23-32)35-16-8-13-29-10-4-5-14-34(29)35/h1-28H. The number of benzene rings is 8. The summed E-state index contributed by atoms with van der Waals surface area (Å²) in [5.74, 6) is 0. The summed E-state index contributed by atoms with van der Waals surface area (Å²) >= 11 is 3.59. The average molecular weight is 701 g/mol. The first-order valence-electron chi connectivity index (χ1n) is 17.4. The number of hydrogen-bond acceptors (Lipinski definition) is 5. The normalized spacial score (nSPS) is 11.8. The number of rotatable bonds is 5. The number of thiazole rings is 1. The van der Waals surface area contributed by atoms with Crippen LogP contribution in [-0.2, 0) is 0 Å². The van der Waals surface area contributed by atoms with Crippen molar-refractivity contribution in [3.63, 3.8) is 0 Å². The Morgan fingerprint density at radius 1 is 0.462 bits per heavy atom. The van der Waals surface area contributed by atoms with E-state index in [0.29, 0.717) is 0 Å². The predicted octanol–water partition coefficient (Wildman–Crippen LogP) is 14.5. The van der Waals surface area contributed by atoms with E-state index >= 15 is 0 Å². The Morgan fingerprint density at radius 2 is 1.19 bits per heavy atom. The molecule has 0 aliphatic heterocycles. The molecule has 0 spiro atoms. The van der Waals surface area contributed by atoms with Crippen LogP contribution in [0.5, 0.6) is 0 Å². The highest BCUT2D eigenvalue weighted by Crippen LogP contribution is 2.47. The van der Waals surface area contributed by atoms with Gasteiger partial charge < -0.3 is 9.32 Å². The quantitative estimate of drug-likeness (QED) is 0.179. The summed E-state index contributed by atoms with van der Waals surface area (Å²) in [5.41, 5.74) is 9.66. The van der Waals surface area contributed by atoms with Crippen molar-refractivity contribution in [1.29, 1.82) is 0 Å². The lowest BCUT2D eigenvalue weighted by atomic mass is 9.98. The van der Waals surface area contributed by atoms with Crippen LogP contribution in [0.15, 0.2) is 174 Å². The highest BCUT2D eigenvalue weighted by Gasteiger charge is 2.21. The molecular formula is C47H28N2OS2. The van der Waals surface area contributed by atoms with Gasteiger partial charge in [0.05, 0.1) is 20.6 Å². The van der Waals surface area contributed by atoms with Gasteiger partial charge in [-0.2, -0.15) is 0 Å². The maximum Gasteiger partial charge on any atom is 0.137 e. The zero-order chi connectivity index (χ0) is 34.2. The molecule has 0 saturated heterocycles. The van der Waals surface area contributed by atoms with Crippen molar-refractivity contribution in [2.45, 2.75) is 0 Å². The highest BCUT2D eigenvalue weighted by molar-refractivity contribution is 7.27. The molecule has 11 aromatic rings. The molecule has 52 heavy (non-hydrogen) atoms. The second kappa shape index (κ2) is 11.6. The summed E-state index contributed by atoms with van der Waals surface area (Å²) in [6.07, 6.45) is 0. The van der Waals surface area contributed by atoms with E-state index in [1.165, 1.54) is 46.8 Å². The zero-order valence-electron chi connectivity index (χ0n) is 27.8. The van der Waals surface area contributed by atoms with Gasteiger partial charge in [-0.3, -0.25) is 0 Å². The molecule has 3 heterocycles. The molecule has 244 valence electrons. The predicted molar refractivity (Wildman–Crippen MR) is 223 cm³/mol. The van der Waals surface area contributed by atoms with E-state index in [0.717, 1.165) is 55.1 Å². The number of furan rings is 1. The largest absolute Gasteiger partial charge is 0.456 e. The molecule has 0 aliphatic carbocycles. The fourth-order valence-electron chi connectivity index (χ4n) is 7.63. The van der Waals surface area contributed by atoms with Crippen LogP contribution >= 0.6 is 22.7 Å². The maximum atomic E-state index is 6.42. The van der Waals surface area contributed by atoms with Crippen molar-refractivity contribution in [3.8, 4) is 21.7 Å². The second-order valence-corrected chi connectivity index (χ2v) is 15.2. The van der Waals surface area contributed by atoms with Gasteiger partial charge in [0, 0.05) is 49.2 Å². The highest BCUT2D eigenvalue weighted by atomic mass is 32.1. The lowest BCUT2D eigenvalue weighted by molar-refractivity contribution is 0.669. The first-order valence-corrected chi connectivity index (χ1v) is 19.0. The summed E-state index contributed by atoms with van der Waals surface area (Å²) in [5, 5.41) is 8.31. The fraction of sp³-hybridized carbons (Fsp3) is 0. The summed E-state index contributed by atoms with van der Waals surface area (Å²) < 4.78 is 10.1. The summed E-state index contributed by atoms with van der Waals surface area (Å²) in [6.45, 7) is 0. The van der Waals surface area contributed by atoms with E-state index < -0.39 is 0 Å². The molecule has 0 atom stereocenters. The van der Waals surface area contributed by atoms with Gasteiger partial charge in [-0.05, 0) is 70.4 Å². The summed E-state index contributed by atoms with van der Waals surface area (Å²) in [7, 11) is 0. The van der Waals surface area contributed by atoms with Crippen molar-refractivity contribution in [3.05, 3.63) is 170 Å². The molecular weight excluding hydrogens is 673 g/mol. The second-order valence-electron chi connectivity index (χ2n) is 13.1. The Balaban J connectivity index is 1.09. The number of nitrogens with zero attached hydrogens (tertiary/aromatic N) is 2. The zero-order valence-corrected chi connectivity index (χ0v) is 29.4. The van der Waals surface area contributed by atoms with E-state index in [2.05, 4.69) is 157 Å². The van der Waals surface area contributed by atoms with Gasteiger partial charge >= 0.3 is 0 Å². The topological polar surface area (TPSA) is 29.3 Å². The van der Waals surface area contributed by atoms with Crippen LogP contribution in [-0.4, -0.2) is 4.98 Å². The lowest BCUT2D eigenvalue weighted by Gasteiger charge is -2.26. The van der Waals surface area contributed by atoms with Crippen LogP contribution in [0.3, 0.4) is 0 Å². The minimum Gasteiger partial charge on any atom is -0.456 e. The number of anilines is 3. The summed E-state index contributed by atoms with van der Waals surface area (Å²) in [6, 6.07) is 60.8. The van der Waals surface area contributed by atoms with Gasteiger partial charge in [0.1, 0.15) is 16.2 Å². The maximum absolute atomic E-state index is 6.42. The third-order valence-electron chi connectivity index (χ3n) is 10.1. The molecule has 0 radical (unpaired) electrons. The molecule has 3 nitrogen and oxygen atoms in total. The number of hydrogen-bond donors (Lipinski definition) is 0. The Morgan fingerprint density at radius 3 is 2.10 bits per heavy atom. The van der Waals surface area contributed by atoms with Crippen LogP contribution in [0.4, 0.5) is 17.1 Å². The molecule has 0 saturated carbocycles. The minimum atomic E-state index is 0.875. The number of aromatic nitrogens is 1. The van der Waals surface area contributed by atoms with Gasteiger partial charge in [0.15, 0.2) is 0 Å². The molecule has 0 fully saturated rings. The van der Waals surface area contributed by atoms with E-state index in [1.54, 1.807) is 11.3 Å². The Hall–Kier alpha value is -6.27. The fourth-order valence-corrected chi connectivity index (χ4v) is 9.85. The van der Waals surface area contributed by atoms with Crippen molar-refractivity contribution >= 4 is 103 Å². The molecule has 5 heteroatoms. The van der Waals surface area contributed by atoms with Gasteiger partial charge in [-0.25, -0.2) is 4.98 Å². The Bertz CT molecular complexity index is 3130. The SMILES string of the molecule is c1ccc(-c2nc3cc4sc5c(N(c6ccc(-c7cccc8ccccc78)cc6)c6ccc7c(c6)oc6ccccc67)cccc5c4cc3s2)cc1. The average Bonchev–Trinajstić information content (AvgIpc) is 3.90. The van der Waals surface area contributed by atoms with E-state index in [9.17, 15) is 0 Å². The van der Waals surface area contributed by atoms with Gasteiger partial charge in [-0.1, -0.05) is 115 Å². The molecule has 8 aromatic carbocycles. The first-order chi connectivity index (χ1) is 25.7. The molecule has 0 amide bonds. The summed E-state index contributed by atoms with van der Waals surface area (Å²) in [4.78, 5) is 7.44. The number of fused-ring (bicyclic) bond motifs is 8. The van der Waals surface area contributed by atoms with Gasteiger partial charge in [0.25, 0.3) is 0 Å². The first kappa shape index (κ1) is 29.5. The van der Waals surface area contributed by atoms with Crippen molar-refractivity contribution in [2.75, 3.05) is 4.90 Å². The molecule has 3 aromatic heterocycles. The number of para-hydroxylation sites is 1. The third kappa shape index (κ3) is 4.67. The Labute approximate surface area is 307 Å². The molecule has 0 bridgehead atoms. The Kier molecular flexibility index (Phi) is 6.59. The van der Waals surface area contributed by atoms with Crippen LogP contribution in [0.1, 0.15) is 0 Å². The van der Waals surface area contributed by atoms with Gasteiger partial charge in [-0.15, -0.1) is 22.7 Å². The van der Waals surface area contributed by atoms with Crippen LogP contribution in [0.25, 0.3) is 84.8 Å². The monoisotopic (exact) mass is 700 g/mol. The van der Waals surface area contributed by atoms with Gasteiger partial charge in [0.2, 0.25) is 0 Å². The molecule has 11 rings (SSSR count). The van der Waals surface area contributed by atoms with Crippen LogP contribution < -0.4 is 4.90 Å². The molecule has 0 aliphatic rings. The van der Waals surface area contributed by atoms with E-state index in [4.69, 9.17) is 9.40 Å². The number of thiophene rings is 1. The third-order valence-corrected chi connectivity index (χ3v) is 12.4. The van der Waals surface area contributed by atoms with E-state index in [1.807, 2.05) is 29.5 Å². The van der Waals surface area contributed by atoms with Crippen molar-refractivity contribution in [1.82, 2.24) is 4.98 Å². The van der Waals surface area contributed by atoms with Crippen LogP contribution in [0.2, 0.25) is 0 Å². The molecule has 0 unspecified atom stereocenters.